The van der Waals surface area contributed by atoms with Gasteiger partial charge in [0.25, 0.3) is 11.6 Å². The summed E-state index contributed by atoms with van der Waals surface area (Å²) in [5.41, 5.74) is -0.593. The number of nitro benzene ring substituents is 1. The molecule has 118 valence electrons. The van der Waals surface area contributed by atoms with Crippen LogP contribution in [0, 0.1) is 22.0 Å². The minimum Gasteiger partial charge on any atom is -0.478 e. The minimum atomic E-state index is -1.29. The summed E-state index contributed by atoms with van der Waals surface area (Å²) in [7, 11) is 0. The van der Waals surface area contributed by atoms with Gasteiger partial charge in [0, 0.05) is 30.8 Å². The Kier molecular flexibility index (Phi) is 4.44. The smallest absolute Gasteiger partial charge is 0.335 e. The van der Waals surface area contributed by atoms with Gasteiger partial charge in [-0.1, -0.05) is 13.8 Å². The highest BCUT2D eigenvalue weighted by Crippen LogP contribution is 2.24. The Morgan fingerprint density at radius 1 is 1.18 bits per heavy atom. The molecule has 1 saturated heterocycles. The quantitative estimate of drug-likeness (QED) is 0.682. The molecule has 0 saturated carbocycles. The minimum absolute atomic E-state index is 0.0490. The average Bonchev–Trinajstić information content (AvgIpc) is 2.44. The number of rotatable bonds is 3. The van der Waals surface area contributed by atoms with Crippen LogP contribution in [0.15, 0.2) is 18.2 Å². The van der Waals surface area contributed by atoms with Gasteiger partial charge in [-0.05, 0) is 24.3 Å². The second kappa shape index (κ2) is 6.13. The molecular weight excluding hydrogens is 288 g/mol. The fourth-order valence-electron chi connectivity index (χ4n) is 2.97. The molecule has 0 aliphatic carbocycles. The number of nitro groups is 1. The molecule has 1 amide bonds. The van der Waals surface area contributed by atoms with Gasteiger partial charge in [0.05, 0.1) is 10.5 Å². The summed E-state index contributed by atoms with van der Waals surface area (Å²) in [4.78, 5) is 35.5. The van der Waals surface area contributed by atoms with Crippen LogP contribution in [-0.4, -0.2) is 39.9 Å². The van der Waals surface area contributed by atoms with Crippen molar-refractivity contribution in [3.8, 4) is 0 Å². The predicted octanol–water partition coefficient (Wildman–Crippen LogP) is 2.41. The lowest BCUT2D eigenvalue weighted by Crippen LogP contribution is -2.42. The van der Waals surface area contributed by atoms with E-state index in [1.165, 1.54) is 6.07 Å². The van der Waals surface area contributed by atoms with E-state index in [4.69, 9.17) is 5.11 Å². The maximum atomic E-state index is 12.6. The topological polar surface area (TPSA) is 101 Å². The molecule has 1 fully saturated rings. The molecule has 0 bridgehead atoms. The van der Waals surface area contributed by atoms with Crippen molar-refractivity contribution in [3.05, 3.63) is 39.4 Å². The molecule has 1 aromatic rings. The highest BCUT2D eigenvalue weighted by Gasteiger charge is 2.27. The molecule has 1 heterocycles. The Morgan fingerprint density at radius 2 is 1.73 bits per heavy atom. The number of carbonyl (C=O) groups excluding carboxylic acids is 1. The number of nitrogens with zero attached hydrogens (tertiary/aromatic N) is 2. The molecule has 22 heavy (non-hydrogen) atoms. The van der Waals surface area contributed by atoms with Gasteiger partial charge >= 0.3 is 5.97 Å². The number of amides is 1. The van der Waals surface area contributed by atoms with E-state index in [1.54, 1.807) is 4.90 Å². The third-order valence-electron chi connectivity index (χ3n) is 3.78. The van der Waals surface area contributed by atoms with E-state index in [0.717, 1.165) is 18.6 Å². The van der Waals surface area contributed by atoms with Crippen LogP contribution < -0.4 is 0 Å². The summed E-state index contributed by atoms with van der Waals surface area (Å²) < 4.78 is 0. The molecule has 2 unspecified atom stereocenters. The molecule has 0 radical (unpaired) electrons. The van der Waals surface area contributed by atoms with E-state index >= 15 is 0 Å². The van der Waals surface area contributed by atoms with E-state index in [0.29, 0.717) is 24.9 Å². The maximum absolute atomic E-state index is 12.6. The van der Waals surface area contributed by atoms with Crippen LogP contribution in [0.3, 0.4) is 0 Å². The lowest BCUT2D eigenvalue weighted by molar-refractivity contribution is -0.384. The molecule has 2 rings (SSSR count). The van der Waals surface area contributed by atoms with Crippen molar-refractivity contribution in [2.24, 2.45) is 11.8 Å². The van der Waals surface area contributed by atoms with Crippen LogP contribution in [0.4, 0.5) is 5.69 Å². The second-order valence-corrected chi connectivity index (χ2v) is 5.99. The van der Waals surface area contributed by atoms with Gasteiger partial charge in [-0.2, -0.15) is 0 Å². The zero-order chi connectivity index (χ0) is 16.4. The van der Waals surface area contributed by atoms with Gasteiger partial charge in [0.2, 0.25) is 0 Å². The van der Waals surface area contributed by atoms with Crippen molar-refractivity contribution in [2.75, 3.05) is 13.1 Å². The summed E-state index contributed by atoms with van der Waals surface area (Å²) >= 11 is 0. The number of aromatic carboxylic acids is 1. The van der Waals surface area contributed by atoms with E-state index in [9.17, 15) is 19.7 Å². The van der Waals surface area contributed by atoms with E-state index in [-0.39, 0.29) is 22.7 Å². The molecule has 2 atom stereocenters. The Morgan fingerprint density at radius 3 is 2.23 bits per heavy atom. The number of carbonyl (C=O) groups is 2. The van der Waals surface area contributed by atoms with Crippen LogP contribution in [0.5, 0.6) is 0 Å². The number of piperidine rings is 1. The number of non-ortho nitro benzene ring substituents is 1. The molecule has 1 aliphatic rings. The Balaban J connectivity index is 2.36. The van der Waals surface area contributed by atoms with Gasteiger partial charge in [-0.3, -0.25) is 14.9 Å². The first kappa shape index (κ1) is 15.9. The highest BCUT2D eigenvalue weighted by molar-refractivity contribution is 5.98. The normalized spacial score (nSPS) is 21.5. The molecule has 7 heteroatoms. The Bertz CT molecular complexity index is 586. The van der Waals surface area contributed by atoms with Crippen molar-refractivity contribution in [2.45, 2.75) is 20.3 Å². The SMILES string of the molecule is CC1CC(C)CN(C(=O)c2cc(C(=O)O)cc([N+](=O)[O-])c2)C1. The van der Waals surface area contributed by atoms with Crippen molar-refractivity contribution in [1.82, 2.24) is 4.90 Å². The molecule has 0 aromatic heterocycles. The number of benzene rings is 1. The van der Waals surface area contributed by atoms with Crippen LogP contribution >= 0.6 is 0 Å². The van der Waals surface area contributed by atoms with E-state index in [2.05, 4.69) is 0 Å². The maximum Gasteiger partial charge on any atom is 0.335 e. The zero-order valence-corrected chi connectivity index (χ0v) is 12.5. The molecule has 1 aliphatic heterocycles. The summed E-state index contributed by atoms with van der Waals surface area (Å²) in [6.07, 6.45) is 1.03. The van der Waals surface area contributed by atoms with Crippen molar-refractivity contribution < 1.29 is 19.6 Å². The largest absolute Gasteiger partial charge is 0.478 e. The highest BCUT2D eigenvalue weighted by atomic mass is 16.6. The third kappa shape index (κ3) is 3.41. The Labute approximate surface area is 127 Å². The number of carboxylic acid groups (broad SMARTS) is 1. The third-order valence-corrected chi connectivity index (χ3v) is 3.78. The number of hydrogen-bond donors (Lipinski definition) is 1. The first-order valence-electron chi connectivity index (χ1n) is 7.10. The van der Waals surface area contributed by atoms with Gasteiger partial charge in [0.15, 0.2) is 0 Å². The van der Waals surface area contributed by atoms with Gasteiger partial charge in [-0.15, -0.1) is 0 Å². The molecule has 7 nitrogen and oxygen atoms in total. The van der Waals surface area contributed by atoms with Crippen molar-refractivity contribution >= 4 is 17.6 Å². The predicted molar refractivity (Wildman–Crippen MR) is 78.9 cm³/mol. The van der Waals surface area contributed by atoms with Crippen LogP contribution in [0.25, 0.3) is 0 Å². The lowest BCUT2D eigenvalue weighted by atomic mass is 9.91. The van der Waals surface area contributed by atoms with Gasteiger partial charge < -0.3 is 10.0 Å². The summed E-state index contributed by atoms with van der Waals surface area (Å²) in [5, 5.41) is 20.0. The van der Waals surface area contributed by atoms with Crippen molar-refractivity contribution in [1.29, 1.82) is 0 Å². The number of likely N-dealkylation sites (tertiary alicyclic amines) is 1. The number of hydrogen-bond acceptors (Lipinski definition) is 4. The fraction of sp³-hybridized carbons (Fsp3) is 0.467. The fourth-order valence-corrected chi connectivity index (χ4v) is 2.97. The van der Waals surface area contributed by atoms with Gasteiger partial charge in [-0.25, -0.2) is 4.79 Å². The van der Waals surface area contributed by atoms with Crippen molar-refractivity contribution in [3.63, 3.8) is 0 Å². The summed E-state index contributed by atoms with van der Waals surface area (Å²) in [6, 6.07) is 3.29. The first-order chi connectivity index (χ1) is 10.3. The summed E-state index contributed by atoms with van der Waals surface area (Å²) in [6.45, 7) is 5.25. The van der Waals surface area contributed by atoms with Crippen LogP contribution in [0.1, 0.15) is 41.0 Å². The molecule has 1 aromatic carbocycles. The second-order valence-electron chi connectivity index (χ2n) is 5.99. The summed E-state index contributed by atoms with van der Waals surface area (Å²) in [5.74, 6) is -0.946. The van der Waals surface area contributed by atoms with E-state index < -0.39 is 10.9 Å². The lowest BCUT2D eigenvalue weighted by Gasteiger charge is -2.35. The van der Waals surface area contributed by atoms with Gasteiger partial charge in [0.1, 0.15) is 0 Å². The van der Waals surface area contributed by atoms with Crippen LogP contribution in [-0.2, 0) is 0 Å². The molecular formula is C15H18N2O5. The zero-order valence-electron chi connectivity index (χ0n) is 12.5. The first-order valence-corrected chi connectivity index (χ1v) is 7.10. The molecule has 0 spiro atoms. The molecule has 1 N–H and O–H groups in total. The number of carboxylic acids is 1. The van der Waals surface area contributed by atoms with Crippen LogP contribution in [0.2, 0.25) is 0 Å². The monoisotopic (exact) mass is 306 g/mol. The standard InChI is InChI=1S/C15H18N2O5/c1-9-3-10(2)8-16(7-9)14(18)11-4-12(15(19)20)6-13(5-11)17(21)22/h4-6,9-10H,3,7-8H2,1-2H3,(H,19,20). The Hall–Kier alpha value is -2.44. The van der Waals surface area contributed by atoms with E-state index in [1.807, 2.05) is 13.8 Å². The average molecular weight is 306 g/mol.